The SMILES string of the molecule is Nc1cc(NCc2ccsc2)ccc1S(N)(=O)=O. The van der Waals surface area contributed by atoms with Gasteiger partial charge in [-0.2, -0.15) is 11.3 Å². The maximum Gasteiger partial charge on any atom is 0.240 e. The summed E-state index contributed by atoms with van der Waals surface area (Å²) < 4.78 is 22.4. The molecule has 2 rings (SSSR count). The van der Waals surface area contributed by atoms with Crippen molar-refractivity contribution >= 4 is 32.7 Å². The Balaban J connectivity index is 2.14. The van der Waals surface area contributed by atoms with Crippen LogP contribution in [0.15, 0.2) is 39.9 Å². The van der Waals surface area contributed by atoms with Gasteiger partial charge in [-0.1, -0.05) is 0 Å². The van der Waals surface area contributed by atoms with E-state index >= 15 is 0 Å². The summed E-state index contributed by atoms with van der Waals surface area (Å²) in [6.45, 7) is 0.664. The number of nitrogens with two attached hydrogens (primary N) is 2. The van der Waals surface area contributed by atoms with Gasteiger partial charge in [0.2, 0.25) is 10.0 Å². The summed E-state index contributed by atoms with van der Waals surface area (Å²) in [5.74, 6) is 0. The van der Waals surface area contributed by atoms with E-state index in [0.29, 0.717) is 6.54 Å². The first-order chi connectivity index (χ1) is 8.47. The lowest BCUT2D eigenvalue weighted by Crippen LogP contribution is -2.14. The van der Waals surface area contributed by atoms with Crippen LogP contribution in [0.1, 0.15) is 5.56 Å². The van der Waals surface area contributed by atoms with Crippen LogP contribution in [0, 0.1) is 0 Å². The lowest BCUT2D eigenvalue weighted by atomic mass is 10.2. The van der Waals surface area contributed by atoms with Crippen molar-refractivity contribution in [3.63, 3.8) is 0 Å². The largest absolute Gasteiger partial charge is 0.398 e. The Morgan fingerprint density at radius 1 is 1.28 bits per heavy atom. The van der Waals surface area contributed by atoms with E-state index in [-0.39, 0.29) is 10.6 Å². The van der Waals surface area contributed by atoms with E-state index in [1.54, 1.807) is 23.5 Å². The van der Waals surface area contributed by atoms with Crippen molar-refractivity contribution in [1.82, 2.24) is 0 Å². The molecule has 1 heterocycles. The van der Waals surface area contributed by atoms with E-state index in [9.17, 15) is 8.42 Å². The Hall–Kier alpha value is -1.57. The van der Waals surface area contributed by atoms with Gasteiger partial charge in [0.05, 0.1) is 5.69 Å². The molecule has 0 aliphatic carbocycles. The maximum absolute atomic E-state index is 11.2. The molecule has 0 aliphatic heterocycles. The van der Waals surface area contributed by atoms with Gasteiger partial charge in [-0.15, -0.1) is 0 Å². The molecule has 7 heteroatoms. The third-order valence-electron chi connectivity index (χ3n) is 2.39. The minimum atomic E-state index is -3.76. The summed E-state index contributed by atoms with van der Waals surface area (Å²) >= 11 is 1.62. The fraction of sp³-hybridized carbons (Fsp3) is 0.0909. The summed E-state index contributed by atoms with van der Waals surface area (Å²) in [5.41, 5.74) is 7.72. The highest BCUT2D eigenvalue weighted by Gasteiger charge is 2.12. The summed E-state index contributed by atoms with van der Waals surface area (Å²) in [5, 5.41) is 12.2. The Morgan fingerprint density at radius 2 is 2.06 bits per heavy atom. The quantitative estimate of drug-likeness (QED) is 0.742. The van der Waals surface area contributed by atoms with Gasteiger partial charge < -0.3 is 11.1 Å². The Labute approximate surface area is 109 Å². The first-order valence-corrected chi connectivity index (χ1v) is 7.63. The molecule has 0 amide bonds. The van der Waals surface area contributed by atoms with Crippen LogP contribution in [0.2, 0.25) is 0 Å². The van der Waals surface area contributed by atoms with Gasteiger partial charge in [-0.3, -0.25) is 0 Å². The molecule has 5 N–H and O–H groups in total. The number of thiophene rings is 1. The van der Waals surface area contributed by atoms with Crippen LogP contribution in [-0.4, -0.2) is 8.42 Å². The molecule has 5 nitrogen and oxygen atoms in total. The molecule has 1 aromatic carbocycles. The average Bonchev–Trinajstić information content (AvgIpc) is 2.77. The second kappa shape index (κ2) is 4.97. The number of sulfonamides is 1. The maximum atomic E-state index is 11.2. The fourth-order valence-corrected chi connectivity index (χ4v) is 2.83. The van der Waals surface area contributed by atoms with Gasteiger partial charge in [0.1, 0.15) is 4.90 Å². The van der Waals surface area contributed by atoms with Crippen molar-refractivity contribution in [2.24, 2.45) is 5.14 Å². The first kappa shape index (κ1) is 12.9. The molecule has 0 unspecified atom stereocenters. The van der Waals surface area contributed by atoms with E-state index in [0.717, 1.165) is 11.3 Å². The second-order valence-corrected chi connectivity index (χ2v) is 6.09. The zero-order valence-corrected chi connectivity index (χ0v) is 11.1. The van der Waals surface area contributed by atoms with E-state index < -0.39 is 10.0 Å². The number of benzene rings is 1. The molecular weight excluding hydrogens is 270 g/mol. The van der Waals surface area contributed by atoms with Crippen molar-refractivity contribution in [1.29, 1.82) is 0 Å². The minimum absolute atomic E-state index is 0.0522. The average molecular weight is 283 g/mol. The highest BCUT2D eigenvalue weighted by Crippen LogP contribution is 2.21. The number of primary sulfonamides is 1. The van der Waals surface area contributed by atoms with Crippen LogP contribution >= 0.6 is 11.3 Å². The van der Waals surface area contributed by atoms with E-state index in [1.165, 1.54) is 6.07 Å². The van der Waals surface area contributed by atoms with Crippen LogP contribution in [0.4, 0.5) is 11.4 Å². The molecule has 0 spiro atoms. The van der Waals surface area contributed by atoms with Gasteiger partial charge in [0.25, 0.3) is 0 Å². The first-order valence-electron chi connectivity index (χ1n) is 5.14. The number of rotatable bonds is 4. The monoisotopic (exact) mass is 283 g/mol. The molecule has 0 atom stereocenters. The molecule has 0 fully saturated rings. The molecular formula is C11H13N3O2S2. The molecule has 0 saturated heterocycles. The zero-order chi connectivity index (χ0) is 13.2. The topological polar surface area (TPSA) is 98.2 Å². The molecule has 0 radical (unpaired) electrons. The number of nitrogens with one attached hydrogen (secondary N) is 1. The summed E-state index contributed by atoms with van der Waals surface area (Å²) in [6, 6.07) is 6.62. The highest BCUT2D eigenvalue weighted by atomic mass is 32.2. The summed E-state index contributed by atoms with van der Waals surface area (Å²) in [6.07, 6.45) is 0. The van der Waals surface area contributed by atoms with Crippen LogP contribution in [0.25, 0.3) is 0 Å². The highest BCUT2D eigenvalue weighted by molar-refractivity contribution is 7.89. The van der Waals surface area contributed by atoms with E-state index in [4.69, 9.17) is 10.9 Å². The lowest BCUT2D eigenvalue weighted by molar-refractivity contribution is 0.598. The molecule has 0 bridgehead atoms. The second-order valence-electron chi connectivity index (χ2n) is 3.78. The predicted octanol–water partition coefficient (Wildman–Crippen LogP) is 1.59. The standard InChI is InChI=1S/C11H13N3O2S2/c12-10-5-9(1-2-11(10)18(13,15)16)14-6-8-3-4-17-7-8/h1-5,7,14H,6,12H2,(H2,13,15,16). The van der Waals surface area contributed by atoms with Gasteiger partial charge in [0, 0.05) is 12.2 Å². The zero-order valence-electron chi connectivity index (χ0n) is 9.46. The summed E-state index contributed by atoms with van der Waals surface area (Å²) in [7, 11) is -3.76. The van der Waals surface area contributed by atoms with Gasteiger partial charge in [-0.25, -0.2) is 13.6 Å². The third-order valence-corrected chi connectivity index (χ3v) is 4.11. The van der Waals surface area contributed by atoms with Crippen molar-refractivity contribution in [3.05, 3.63) is 40.6 Å². The molecule has 18 heavy (non-hydrogen) atoms. The molecule has 2 aromatic rings. The normalized spacial score (nSPS) is 11.4. The molecule has 96 valence electrons. The van der Waals surface area contributed by atoms with Crippen molar-refractivity contribution in [2.75, 3.05) is 11.1 Å². The fourth-order valence-electron chi connectivity index (χ4n) is 1.51. The number of hydrogen-bond donors (Lipinski definition) is 3. The van der Waals surface area contributed by atoms with Crippen LogP contribution in [0.5, 0.6) is 0 Å². The van der Waals surface area contributed by atoms with E-state index in [1.807, 2.05) is 16.8 Å². The van der Waals surface area contributed by atoms with Crippen molar-refractivity contribution < 1.29 is 8.42 Å². The summed E-state index contributed by atoms with van der Waals surface area (Å²) in [4.78, 5) is -0.0522. The Bertz CT molecular complexity index is 636. The van der Waals surface area contributed by atoms with Gasteiger partial charge >= 0.3 is 0 Å². The van der Waals surface area contributed by atoms with E-state index in [2.05, 4.69) is 5.32 Å². The van der Waals surface area contributed by atoms with Crippen LogP contribution in [-0.2, 0) is 16.6 Å². The number of anilines is 2. The van der Waals surface area contributed by atoms with Crippen molar-refractivity contribution in [2.45, 2.75) is 11.4 Å². The smallest absolute Gasteiger partial charge is 0.240 e. The predicted molar refractivity (Wildman–Crippen MR) is 73.9 cm³/mol. The number of hydrogen-bond acceptors (Lipinski definition) is 5. The van der Waals surface area contributed by atoms with Gasteiger partial charge in [0.15, 0.2) is 0 Å². The molecule has 0 saturated carbocycles. The van der Waals surface area contributed by atoms with Crippen molar-refractivity contribution in [3.8, 4) is 0 Å². The third kappa shape index (κ3) is 3.00. The van der Waals surface area contributed by atoms with Gasteiger partial charge in [-0.05, 0) is 40.6 Å². The molecule has 1 aromatic heterocycles. The molecule has 0 aliphatic rings. The Morgan fingerprint density at radius 3 is 2.61 bits per heavy atom. The van der Waals surface area contributed by atoms with Crippen LogP contribution < -0.4 is 16.2 Å². The van der Waals surface area contributed by atoms with Crippen LogP contribution in [0.3, 0.4) is 0 Å². The Kier molecular flexibility index (Phi) is 3.55. The minimum Gasteiger partial charge on any atom is -0.398 e. The number of nitrogen functional groups attached to an aromatic ring is 1. The lowest BCUT2D eigenvalue weighted by Gasteiger charge is -2.08.